The first kappa shape index (κ1) is 10.2. The van der Waals surface area contributed by atoms with Crippen LogP contribution in [0.4, 0.5) is 0 Å². The van der Waals surface area contributed by atoms with Crippen LogP contribution >= 0.6 is 0 Å². The van der Waals surface area contributed by atoms with Gasteiger partial charge in [0, 0.05) is 11.9 Å². The van der Waals surface area contributed by atoms with Crippen molar-refractivity contribution < 1.29 is 0 Å². The molecule has 0 saturated carbocycles. The van der Waals surface area contributed by atoms with E-state index in [1.807, 2.05) is 25.3 Å². The molecule has 0 radical (unpaired) electrons. The molecular weight excluding hydrogens is 182 g/mol. The van der Waals surface area contributed by atoms with Crippen molar-refractivity contribution in [3.8, 4) is 0 Å². The summed E-state index contributed by atoms with van der Waals surface area (Å²) in [5, 5.41) is 0. The van der Waals surface area contributed by atoms with Gasteiger partial charge in [0.2, 0.25) is 0 Å². The van der Waals surface area contributed by atoms with Gasteiger partial charge in [-0.2, -0.15) is 0 Å². The van der Waals surface area contributed by atoms with Crippen LogP contribution in [-0.2, 0) is 12.8 Å². The Bertz CT molecular complexity index is 402. The zero-order valence-corrected chi connectivity index (χ0v) is 9.29. The first-order valence-electron chi connectivity index (χ1n) is 5.61. The highest BCUT2D eigenvalue weighted by Crippen LogP contribution is 2.22. The van der Waals surface area contributed by atoms with Gasteiger partial charge < -0.3 is 0 Å². The molecule has 2 rings (SSSR count). The molecule has 0 aliphatic heterocycles. The fourth-order valence-corrected chi connectivity index (χ4v) is 2.06. The fourth-order valence-electron chi connectivity index (χ4n) is 2.06. The van der Waals surface area contributed by atoms with Gasteiger partial charge in [-0.05, 0) is 55.4 Å². The first-order chi connectivity index (χ1) is 7.31. The zero-order valence-electron chi connectivity index (χ0n) is 9.29. The molecule has 78 valence electrons. The average Bonchev–Trinajstić information content (AvgIpc) is 2.29. The van der Waals surface area contributed by atoms with Crippen LogP contribution in [0.25, 0.3) is 5.57 Å². The van der Waals surface area contributed by atoms with E-state index in [-0.39, 0.29) is 0 Å². The van der Waals surface area contributed by atoms with Gasteiger partial charge in [-0.1, -0.05) is 18.7 Å². The standard InChI is InChI=1S/C14H17N/c1-3-6-11(2)13-9-12-7-4-5-8-14(12)15-10-13/h3,6,9-10H,2,4-5,7-8H2,1H3/b6-3-. The highest BCUT2D eigenvalue weighted by Gasteiger charge is 2.10. The molecule has 0 fully saturated rings. The molecule has 1 heterocycles. The largest absolute Gasteiger partial charge is 0.260 e. The number of hydrogen-bond donors (Lipinski definition) is 0. The Labute approximate surface area is 91.6 Å². The molecule has 0 saturated heterocycles. The molecular formula is C14H17N. The Morgan fingerprint density at radius 2 is 2.20 bits per heavy atom. The lowest BCUT2D eigenvalue weighted by atomic mass is 9.94. The summed E-state index contributed by atoms with van der Waals surface area (Å²) in [6.45, 7) is 6.05. The van der Waals surface area contributed by atoms with Gasteiger partial charge in [0.05, 0.1) is 0 Å². The number of aromatic nitrogens is 1. The lowest BCUT2D eigenvalue weighted by molar-refractivity contribution is 0.667. The summed E-state index contributed by atoms with van der Waals surface area (Å²) in [6.07, 6.45) is 10.9. The Kier molecular flexibility index (Phi) is 3.00. The normalized spacial score (nSPS) is 15.3. The second-order valence-corrected chi connectivity index (χ2v) is 4.06. The summed E-state index contributed by atoms with van der Waals surface area (Å²) in [6, 6.07) is 2.25. The predicted molar refractivity (Wildman–Crippen MR) is 64.7 cm³/mol. The number of aryl methyl sites for hydroxylation is 2. The van der Waals surface area contributed by atoms with Crippen LogP contribution < -0.4 is 0 Å². The molecule has 1 aliphatic rings. The lowest BCUT2D eigenvalue weighted by Crippen LogP contribution is -2.05. The highest BCUT2D eigenvalue weighted by molar-refractivity contribution is 5.71. The van der Waals surface area contributed by atoms with Crippen LogP contribution in [0.1, 0.15) is 36.6 Å². The first-order valence-corrected chi connectivity index (χ1v) is 5.61. The van der Waals surface area contributed by atoms with Crippen molar-refractivity contribution in [1.29, 1.82) is 0 Å². The third-order valence-electron chi connectivity index (χ3n) is 2.91. The van der Waals surface area contributed by atoms with Crippen molar-refractivity contribution >= 4 is 5.57 Å². The van der Waals surface area contributed by atoms with Crippen molar-refractivity contribution in [3.05, 3.63) is 47.8 Å². The Morgan fingerprint density at radius 3 is 3.00 bits per heavy atom. The molecule has 0 unspecified atom stereocenters. The number of allylic oxidation sites excluding steroid dienone is 3. The summed E-state index contributed by atoms with van der Waals surface area (Å²) in [5.74, 6) is 0. The second-order valence-electron chi connectivity index (χ2n) is 4.06. The van der Waals surface area contributed by atoms with Gasteiger partial charge in [0.1, 0.15) is 0 Å². The zero-order chi connectivity index (χ0) is 10.7. The lowest BCUT2D eigenvalue weighted by Gasteiger charge is -2.15. The third kappa shape index (κ3) is 2.17. The molecule has 0 amide bonds. The summed E-state index contributed by atoms with van der Waals surface area (Å²) in [4.78, 5) is 4.53. The van der Waals surface area contributed by atoms with E-state index >= 15 is 0 Å². The van der Waals surface area contributed by atoms with Crippen molar-refractivity contribution in [2.75, 3.05) is 0 Å². The van der Waals surface area contributed by atoms with Crippen LogP contribution in [0.15, 0.2) is 31.0 Å². The van der Waals surface area contributed by atoms with Crippen LogP contribution in [0, 0.1) is 0 Å². The SMILES string of the molecule is C=C(/C=C\C)c1cnc2c(c1)CCCC2. The monoisotopic (exact) mass is 199 g/mol. The van der Waals surface area contributed by atoms with Gasteiger partial charge in [0.25, 0.3) is 0 Å². The van der Waals surface area contributed by atoms with Crippen LogP contribution in [0.3, 0.4) is 0 Å². The maximum atomic E-state index is 4.53. The van der Waals surface area contributed by atoms with E-state index in [1.54, 1.807) is 0 Å². The van der Waals surface area contributed by atoms with Crippen molar-refractivity contribution in [2.24, 2.45) is 0 Å². The fraction of sp³-hybridized carbons (Fsp3) is 0.357. The predicted octanol–water partition coefficient (Wildman–Crippen LogP) is 3.55. The molecule has 1 aromatic rings. The van der Waals surface area contributed by atoms with Crippen molar-refractivity contribution in [1.82, 2.24) is 4.98 Å². The van der Waals surface area contributed by atoms with E-state index in [0.717, 1.165) is 17.6 Å². The third-order valence-corrected chi connectivity index (χ3v) is 2.91. The minimum atomic E-state index is 1.05. The number of pyridine rings is 1. The van der Waals surface area contributed by atoms with Crippen molar-refractivity contribution in [2.45, 2.75) is 32.6 Å². The van der Waals surface area contributed by atoms with E-state index in [0.29, 0.717) is 0 Å². The van der Waals surface area contributed by atoms with Crippen LogP contribution in [0.5, 0.6) is 0 Å². The molecule has 0 N–H and O–H groups in total. The molecule has 0 aromatic carbocycles. The number of rotatable bonds is 2. The molecule has 0 atom stereocenters. The molecule has 1 nitrogen and oxygen atoms in total. The topological polar surface area (TPSA) is 12.9 Å². The molecule has 0 bridgehead atoms. The summed E-state index contributed by atoms with van der Waals surface area (Å²) in [7, 11) is 0. The minimum Gasteiger partial charge on any atom is -0.260 e. The van der Waals surface area contributed by atoms with E-state index in [9.17, 15) is 0 Å². The Balaban J connectivity index is 2.31. The summed E-state index contributed by atoms with van der Waals surface area (Å²) >= 11 is 0. The Hall–Kier alpha value is -1.37. The average molecular weight is 199 g/mol. The second kappa shape index (κ2) is 4.43. The summed E-state index contributed by atoms with van der Waals surface area (Å²) in [5.41, 5.74) is 4.93. The van der Waals surface area contributed by atoms with Gasteiger partial charge in [0.15, 0.2) is 0 Å². The van der Waals surface area contributed by atoms with Crippen LogP contribution in [-0.4, -0.2) is 4.98 Å². The van der Waals surface area contributed by atoms with Crippen LogP contribution in [0.2, 0.25) is 0 Å². The number of hydrogen-bond acceptors (Lipinski definition) is 1. The molecule has 1 aromatic heterocycles. The summed E-state index contributed by atoms with van der Waals surface area (Å²) < 4.78 is 0. The van der Waals surface area contributed by atoms with E-state index < -0.39 is 0 Å². The molecule has 15 heavy (non-hydrogen) atoms. The van der Waals surface area contributed by atoms with Crippen molar-refractivity contribution in [3.63, 3.8) is 0 Å². The number of fused-ring (bicyclic) bond motifs is 1. The maximum Gasteiger partial charge on any atom is 0.0436 e. The van der Waals surface area contributed by atoms with Gasteiger partial charge in [-0.15, -0.1) is 0 Å². The van der Waals surface area contributed by atoms with Gasteiger partial charge in [-0.25, -0.2) is 0 Å². The smallest absolute Gasteiger partial charge is 0.0436 e. The van der Waals surface area contributed by atoms with E-state index in [2.05, 4.69) is 17.6 Å². The van der Waals surface area contributed by atoms with E-state index in [4.69, 9.17) is 0 Å². The molecule has 1 heteroatoms. The van der Waals surface area contributed by atoms with Gasteiger partial charge >= 0.3 is 0 Å². The molecule has 0 spiro atoms. The maximum absolute atomic E-state index is 4.53. The van der Waals surface area contributed by atoms with E-state index in [1.165, 1.54) is 30.5 Å². The highest BCUT2D eigenvalue weighted by atomic mass is 14.7. The quantitative estimate of drug-likeness (QED) is 0.664. The number of nitrogens with zero attached hydrogens (tertiary/aromatic N) is 1. The molecule has 1 aliphatic carbocycles. The minimum absolute atomic E-state index is 1.05. The Morgan fingerprint density at radius 1 is 1.40 bits per heavy atom. The van der Waals surface area contributed by atoms with Gasteiger partial charge in [-0.3, -0.25) is 4.98 Å².